The van der Waals surface area contributed by atoms with Crippen molar-refractivity contribution in [1.29, 1.82) is 0 Å². The van der Waals surface area contributed by atoms with Crippen LogP contribution in [-0.2, 0) is 6.18 Å². The van der Waals surface area contributed by atoms with Crippen molar-refractivity contribution in [2.75, 3.05) is 0 Å². The molecule has 3 rings (SSSR count). The van der Waals surface area contributed by atoms with Gasteiger partial charge in [-0.15, -0.1) is 5.10 Å². The molecule has 3 aromatic rings. The summed E-state index contributed by atoms with van der Waals surface area (Å²) in [7, 11) is 0. The number of nitrogens with zero attached hydrogens (tertiary/aromatic N) is 3. The molecule has 0 fully saturated rings. The van der Waals surface area contributed by atoms with Gasteiger partial charge in [0.15, 0.2) is 0 Å². The summed E-state index contributed by atoms with van der Waals surface area (Å²) >= 11 is 11.9. The van der Waals surface area contributed by atoms with Crippen molar-refractivity contribution >= 4 is 23.2 Å². The van der Waals surface area contributed by atoms with Gasteiger partial charge in [-0.2, -0.15) is 13.2 Å². The molecule has 1 heterocycles. The highest BCUT2D eigenvalue weighted by atomic mass is 35.5. The number of benzene rings is 2. The number of aromatic nitrogens is 3. The topological polar surface area (TPSA) is 30.7 Å². The summed E-state index contributed by atoms with van der Waals surface area (Å²) in [6.45, 7) is 0. The van der Waals surface area contributed by atoms with Crippen molar-refractivity contribution in [2.24, 2.45) is 0 Å². The molecule has 0 unspecified atom stereocenters. The van der Waals surface area contributed by atoms with E-state index in [-0.39, 0.29) is 15.7 Å². The molecule has 118 valence electrons. The van der Waals surface area contributed by atoms with Crippen LogP contribution < -0.4 is 0 Å². The van der Waals surface area contributed by atoms with Crippen LogP contribution in [0.3, 0.4) is 0 Å². The quantitative estimate of drug-likeness (QED) is 0.626. The van der Waals surface area contributed by atoms with Crippen LogP contribution in [-0.4, -0.2) is 15.0 Å². The second kappa shape index (κ2) is 5.86. The molecule has 0 aliphatic heterocycles. The van der Waals surface area contributed by atoms with Gasteiger partial charge in [0.25, 0.3) is 0 Å². The fourth-order valence-corrected chi connectivity index (χ4v) is 2.72. The van der Waals surface area contributed by atoms with Crippen molar-refractivity contribution in [3.63, 3.8) is 0 Å². The molecule has 0 saturated carbocycles. The van der Waals surface area contributed by atoms with Crippen LogP contribution >= 0.6 is 23.2 Å². The largest absolute Gasteiger partial charge is 0.416 e. The number of hydrogen-bond acceptors (Lipinski definition) is 2. The van der Waals surface area contributed by atoms with E-state index in [1.165, 1.54) is 4.68 Å². The summed E-state index contributed by atoms with van der Waals surface area (Å²) in [6.07, 6.45) is -2.97. The summed E-state index contributed by atoms with van der Waals surface area (Å²) in [5.41, 5.74) is 0.603. The first-order valence-corrected chi connectivity index (χ1v) is 7.16. The lowest BCUT2D eigenvalue weighted by Crippen LogP contribution is -2.07. The Kier molecular flexibility index (Phi) is 4.04. The lowest BCUT2D eigenvalue weighted by atomic mass is 10.2. The molecule has 0 amide bonds. The molecule has 8 heteroatoms. The molecule has 0 atom stereocenters. The van der Waals surface area contributed by atoms with E-state index in [0.717, 1.165) is 17.7 Å². The van der Waals surface area contributed by atoms with E-state index in [4.69, 9.17) is 23.2 Å². The second-order valence-electron chi connectivity index (χ2n) is 4.70. The third-order valence-corrected chi connectivity index (χ3v) is 3.71. The first kappa shape index (κ1) is 15.8. The van der Waals surface area contributed by atoms with Gasteiger partial charge in [-0.1, -0.05) is 58.7 Å². The van der Waals surface area contributed by atoms with E-state index in [9.17, 15) is 13.2 Å². The molecular weight excluding hydrogens is 350 g/mol. The Morgan fingerprint density at radius 1 is 0.957 bits per heavy atom. The highest BCUT2D eigenvalue weighted by Gasteiger charge is 2.32. The van der Waals surface area contributed by atoms with E-state index < -0.39 is 11.7 Å². The smallest absolute Gasteiger partial charge is 0.217 e. The SMILES string of the molecule is FC(F)(F)c1cc(Cl)c(-n2cc(-c3ccccc3)nn2)c(Cl)c1. The van der Waals surface area contributed by atoms with E-state index in [0.29, 0.717) is 5.69 Å². The van der Waals surface area contributed by atoms with Gasteiger partial charge in [0.1, 0.15) is 11.4 Å². The predicted molar refractivity (Wildman–Crippen MR) is 81.8 cm³/mol. The van der Waals surface area contributed by atoms with Crippen LogP contribution in [0.2, 0.25) is 10.0 Å². The van der Waals surface area contributed by atoms with Gasteiger partial charge in [0.05, 0.1) is 21.8 Å². The molecule has 0 aliphatic carbocycles. The molecular formula is C15H8Cl2F3N3. The van der Waals surface area contributed by atoms with Gasteiger partial charge in [0.2, 0.25) is 0 Å². The zero-order chi connectivity index (χ0) is 16.6. The van der Waals surface area contributed by atoms with Crippen molar-refractivity contribution in [1.82, 2.24) is 15.0 Å². The van der Waals surface area contributed by atoms with Gasteiger partial charge < -0.3 is 0 Å². The second-order valence-corrected chi connectivity index (χ2v) is 5.52. The maximum Gasteiger partial charge on any atom is 0.416 e. The van der Waals surface area contributed by atoms with E-state index >= 15 is 0 Å². The standard InChI is InChI=1S/C15H8Cl2F3N3/c16-11-6-10(15(18,19)20)7-12(17)14(11)23-8-13(21-22-23)9-4-2-1-3-5-9/h1-8H. The normalized spacial score (nSPS) is 11.7. The van der Waals surface area contributed by atoms with Crippen LogP contribution in [0.1, 0.15) is 5.56 Å². The Morgan fingerprint density at radius 2 is 1.57 bits per heavy atom. The first-order chi connectivity index (χ1) is 10.9. The number of alkyl halides is 3. The maximum atomic E-state index is 12.8. The van der Waals surface area contributed by atoms with Crippen molar-refractivity contribution in [3.8, 4) is 16.9 Å². The molecule has 3 nitrogen and oxygen atoms in total. The number of hydrogen-bond donors (Lipinski definition) is 0. The summed E-state index contributed by atoms with van der Waals surface area (Å²) in [5.74, 6) is 0. The van der Waals surface area contributed by atoms with Crippen molar-refractivity contribution in [2.45, 2.75) is 6.18 Å². The lowest BCUT2D eigenvalue weighted by molar-refractivity contribution is -0.137. The van der Waals surface area contributed by atoms with Gasteiger partial charge >= 0.3 is 6.18 Å². The number of halogens is 5. The van der Waals surface area contributed by atoms with Crippen LogP contribution in [0.25, 0.3) is 16.9 Å². The summed E-state index contributed by atoms with van der Waals surface area (Å²) < 4.78 is 39.5. The molecule has 1 aromatic heterocycles. The third-order valence-electron chi connectivity index (χ3n) is 3.14. The Bertz CT molecular complexity index is 822. The Labute approximate surface area is 139 Å². The average molecular weight is 358 g/mol. The van der Waals surface area contributed by atoms with E-state index in [1.54, 1.807) is 6.20 Å². The van der Waals surface area contributed by atoms with Gasteiger partial charge in [0, 0.05) is 5.56 Å². The summed E-state index contributed by atoms with van der Waals surface area (Å²) in [4.78, 5) is 0. The molecule has 2 aromatic carbocycles. The van der Waals surface area contributed by atoms with Gasteiger partial charge in [-0.3, -0.25) is 0 Å². The molecule has 0 aliphatic rings. The van der Waals surface area contributed by atoms with Gasteiger partial charge in [-0.05, 0) is 12.1 Å². The minimum Gasteiger partial charge on any atom is -0.217 e. The van der Waals surface area contributed by atoms with Crippen LogP contribution in [0, 0.1) is 0 Å². The predicted octanol–water partition coefficient (Wildman–Crippen LogP) is 5.26. The van der Waals surface area contributed by atoms with Crippen molar-refractivity contribution in [3.05, 3.63) is 64.3 Å². The van der Waals surface area contributed by atoms with E-state index in [2.05, 4.69) is 10.3 Å². The van der Waals surface area contributed by atoms with Gasteiger partial charge in [-0.25, -0.2) is 4.68 Å². The van der Waals surface area contributed by atoms with Crippen LogP contribution in [0.5, 0.6) is 0 Å². The highest BCUT2D eigenvalue weighted by molar-refractivity contribution is 6.37. The third kappa shape index (κ3) is 3.18. The summed E-state index contributed by atoms with van der Waals surface area (Å²) in [5, 5.41) is 7.57. The molecule has 0 saturated heterocycles. The number of rotatable bonds is 2. The zero-order valence-corrected chi connectivity index (χ0v) is 12.9. The fourth-order valence-electron chi connectivity index (χ4n) is 2.06. The molecule has 0 bridgehead atoms. The average Bonchev–Trinajstić information content (AvgIpc) is 2.96. The minimum atomic E-state index is -4.52. The Hall–Kier alpha value is -2.05. The summed E-state index contributed by atoms with van der Waals surface area (Å²) in [6, 6.07) is 10.8. The molecule has 23 heavy (non-hydrogen) atoms. The fraction of sp³-hybridized carbons (Fsp3) is 0.0667. The Balaban J connectivity index is 2.05. The first-order valence-electron chi connectivity index (χ1n) is 6.40. The monoisotopic (exact) mass is 357 g/mol. The van der Waals surface area contributed by atoms with Crippen molar-refractivity contribution < 1.29 is 13.2 Å². The maximum absolute atomic E-state index is 12.8. The van der Waals surface area contributed by atoms with Crippen LogP contribution in [0.15, 0.2) is 48.7 Å². The van der Waals surface area contributed by atoms with E-state index in [1.807, 2.05) is 30.3 Å². The van der Waals surface area contributed by atoms with Crippen LogP contribution in [0.4, 0.5) is 13.2 Å². The highest BCUT2D eigenvalue weighted by Crippen LogP contribution is 2.37. The lowest BCUT2D eigenvalue weighted by Gasteiger charge is -2.11. The minimum absolute atomic E-state index is 0.149. The Morgan fingerprint density at radius 3 is 2.13 bits per heavy atom. The molecule has 0 spiro atoms. The zero-order valence-electron chi connectivity index (χ0n) is 11.4. The molecule has 0 radical (unpaired) electrons. The molecule has 0 N–H and O–H groups in total.